The number of nitrogens with one attached hydrogen (secondary N) is 1. The smallest absolute Gasteiger partial charge is 0.149 e. The fourth-order valence-electron chi connectivity index (χ4n) is 8.80. The molecule has 0 unspecified atom stereocenters. The minimum atomic E-state index is 0.180. The van der Waals surface area contributed by atoms with Crippen LogP contribution in [-0.4, -0.2) is 12.3 Å². The molecule has 30 heavy (non-hydrogen) atoms. The third-order valence-corrected chi connectivity index (χ3v) is 10.7. The number of carbonyl (C=O) groups is 1. The van der Waals surface area contributed by atoms with Crippen LogP contribution in [0.15, 0.2) is 10.7 Å². The molecule has 0 radical (unpaired) electrons. The zero-order chi connectivity index (χ0) is 21.7. The first-order valence-electron chi connectivity index (χ1n) is 12.8. The maximum absolute atomic E-state index is 11.6. The number of carbonyl (C=O) groups excluding carboxylic acids is 1. The van der Waals surface area contributed by atoms with Gasteiger partial charge >= 0.3 is 0 Å². The molecule has 2 nitrogen and oxygen atoms in total. The van der Waals surface area contributed by atoms with Gasteiger partial charge in [0.05, 0.1) is 0 Å². The molecule has 0 spiro atoms. The predicted octanol–water partition coefficient (Wildman–Crippen LogP) is 7.32. The average molecular weight is 434 g/mol. The Balaban J connectivity index is 1.50. The quantitative estimate of drug-likeness (QED) is 0.351. The molecule has 3 saturated carbocycles. The van der Waals surface area contributed by atoms with Crippen molar-refractivity contribution in [3.8, 4) is 0 Å². The SMILES string of the molecule is CC(C)CCC[C@@H](C)[C@H]1CC[C@H]2[C@@H]3CC[C@H]4NC(Cl)=C(C=O)C[C@]4(C)[C@H]3CC[C@]12C. The summed E-state index contributed by atoms with van der Waals surface area (Å²) in [5.74, 6) is 5.06. The Morgan fingerprint density at radius 3 is 2.47 bits per heavy atom. The molecule has 0 aromatic carbocycles. The van der Waals surface area contributed by atoms with Crippen molar-refractivity contribution in [2.75, 3.05) is 0 Å². The number of hydrogen-bond acceptors (Lipinski definition) is 2. The van der Waals surface area contributed by atoms with Crippen molar-refractivity contribution in [2.45, 2.75) is 105 Å². The standard InChI is InChI=1S/C27H44ClNO/c1-17(2)7-6-8-18(3)21-10-11-22-20-9-12-24-27(5,15-19(16-30)25(28)29-24)23(20)13-14-26(21,22)4/h16-18,20-24,29H,6-15H2,1-5H3/t18-,20+,21-,22+,23+,24-,26-,27-/m1/s1. The molecule has 0 amide bonds. The van der Waals surface area contributed by atoms with Crippen LogP contribution in [0.3, 0.4) is 0 Å². The average Bonchev–Trinajstić information content (AvgIpc) is 3.05. The Labute approximate surface area is 190 Å². The molecule has 0 aromatic heterocycles. The number of halogens is 1. The maximum Gasteiger partial charge on any atom is 0.149 e. The number of aldehydes is 1. The Kier molecular flexibility index (Phi) is 6.39. The van der Waals surface area contributed by atoms with E-state index < -0.39 is 0 Å². The maximum atomic E-state index is 11.6. The Bertz CT molecular complexity index is 686. The number of fused-ring (bicyclic) bond motifs is 5. The second-order valence-corrected chi connectivity index (χ2v) is 12.7. The van der Waals surface area contributed by atoms with Crippen molar-refractivity contribution in [3.63, 3.8) is 0 Å². The zero-order valence-corrected chi connectivity index (χ0v) is 20.7. The molecule has 4 rings (SSSR count). The molecular formula is C27H44ClNO. The van der Waals surface area contributed by atoms with E-state index in [2.05, 4.69) is 39.9 Å². The van der Waals surface area contributed by atoms with E-state index in [0.717, 1.165) is 53.8 Å². The van der Waals surface area contributed by atoms with E-state index in [4.69, 9.17) is 11.6 Å². The summed E-state index contributed by atoms with van der Waals surface area (Å²) in [7, 11) is 0. The fraction of sp³-hybridized carbons (Fsp3) is 0.889. The molecule has 0 aromatic rings. The van der Waals surface area contributed by atoms with Crippen LogP contribution < -0.4 is 5.32 Å². The molecular weight excluding hydrogens is 390 g/mol. The molecule has 1 aliphatic heterocycles. The van der Waals surface area contributed by atoms with Crippen molar-refractivity contribution in [1.82, 2.24) is 5.32 Å². The van der Waals surface area contributed by atoms with Crippen LogP contribution >= 0.6 is 11.6 Å². The van der Waals surface area contributed by atoms with Crippen molar-refractivity contribution < 1.29 is 4.79 Å². The van der Waals surface area contributed by atoms with Crippen molar-refractivity contribution in [1.29, 1.82) is 0 Å². The van der Waals surface area contributed by atoms with Crippen LogP contribution in [0, 0.1) is 46.3 Å². The normalized spacial score (nSPS) is 44.2. The van der Waals surface area contributed by atoms with E-state index in [-0.39, 0.29) is 5.41 Å². The number of hydrogen-bond donors (Lipinski definition) is 1. The molecule has 1 N–H and O–H groups in total. The minimum absolute atomic E-state index is 0.180. The molecule has 0 bridgehead atoms. The highest BCUT2D eigenvalue weighted by Gasteiger charge is 2.60. The molecule has 4 aliphatic rings. The first-order valence-corrected chi connectivity index (χ1v) is 13.2. The fourth-order valence-corrected chi connectivity index (χ4v) is 9.04. The summed E-state index contributed by atoms with van der Waals surface area (Å²) in [6, 6.07) is 0.437. The Hall–Kier alpha value is -0.500. The highest BCUT2D eigenvalue weighted by atomic mass is 35.5. The Morgan fingerprint density at radius 2 is 1.77 bits per heavy atom. The predicted molar refractivity (Wildman–Crippen MR) is 126 cm³/mol. The largest absolute Gasteiger partial charge is 0.372 e. The van der Waals surface area contributed by atoms with E-state index >= 15 is 0 Å². The van der Waals surface area contributed by atoms with Crippen LogP contribution in [0.4, 0.5) is 0 Å². The van der Waals surface area contributed by atoms with Crippen molar-refractivity contribution in [3.05, 3.63) is 10.7 Å². The van der Waals surface area contributed by atoms with E-state index in [1.807, 2.05) is 0 Å². The highest BCUT2D eigenvalue weighted by molar-refractivity contribution is 6.30. The van der Waals surface area contributed by atoms with Gasteiger partial charge in [-0.15, -0.1) is 0 Å². The number of allylic oxidation sites excluding steroid dienone is 1. The van der Waals surface area contributed by atoms with Gasteiger partial charge in [-0.3, -0.25) is 4.79 Å². The van der Waals surface area contributed by atoms with Crippen LogP contribution in [0.1, 0.15) is 98.8 Å². The first kappa shape index (κ1) is 22.7. The summed E-state index contributed by atoms with van der Waals surface area (Å²) in [6.07, 6.45) is 14.2. The zero-order valence-electron chi connectivity index (χ0n) is 20.0. The van der Waals surface area contributed by atoms with Gasteiger partial charge in [0.15, 0.2) is 0 Å². The minimum Gasteiger partial charge on any atom is -0.372 e. The van der Waals surface area contributed by atoms with Gasteiger partial charge in [-0.2, -0.15) is 0 Å². The summed E-state index contributed by atoms with van der Waals surface area (Å²) >= 11 is 6.40. The molecule has 0 saturated heterocycles. The lowest BCUT2D eigenvalue weighted by atomic mass is 9.46. The topological polar surface area (TPSA) is 29.1 Å². The van der Waals surface area contributed by atoms with Crippen molar-refractivity contribution in [2.24, 2.45) is 46.3 Å². The van der Waals surface area contributed by atoms with Gasteiger partial charge in [0.2, 0.25) is 0 Å². The van der Waals surface area contributed by atoms with Crippen LogP contribution in [0.2, 0.25) is 0 Å². The van der Waals surface area contributed by atoms with Gasteiger partial charge in [-0.1, -0.05) is 65.5 Å². The van der Waals surface area contributed by atoms with Gasteiger partial charge in [0.25, 0.3) is 0 Å². The summed E-state index contributed by atoms with van der Waals surface area (Å²) in [4.78, 5) is 11.6. The van der Waals surface area contributed by atoms with Gasteiger partial charge in [0.1, 0.15) is 11.4 Å². The summed E-state index contributed by atoms with van der Waals surface area (Å²) in [6.45, 7) is 12.4. The van der Waals surface area contributed by atoms with E-state index in [0.29, 0.717) is 16.6 Å². The van der Waals surface area contributed by atoms with Gasteiger partial charge in [-0.05, 0) is 91.3 Å². The van der Waals surface area contributed by atoms with Crippen molar-refractivity contribution >= 4 is 17.9 Å². The second-order valence-electron chi connectivity index (χ2n) is 12.3. The lowest BCUT2D eigenvalue weighted by molar-refractivity contribution is -0.108. The molecule has 170 valence electrons. The van der Waals surface area contributed by atoms with E-state index in [9.17, 15) is 4.79 Å². The van der Waals surface area contributed by atoms with E-state index in [1.165, 1.54) is 57.8 Å². The van der Waals surface area contributed by atoms with Gasteiger partial charge < -0.3 is 5.32 Å². The molecule has 3 heteroatoms. The van der Waals surface area contributed by atoms with E-state index in [1.54, 1.807) is 0 Å². The highest BCUT2D eigenvalue weighted by Crippen LogP contribution is 2.67. The van der Waals surface area contributed by atoms with Gasteiger partial charge in [0, 0.05) is 11.6 Å². The lowest BCUT2D eigenvalue weighted by Gasteiger charge is -2.60. The Morgan fingerprint density at radius 1 is 1.03 bits per heavy atom. The molecule has 8 atom stereocenters. The van der Waals surface area contributed by atoms with Crippen LogP contribution in [0.25, 0.3) is 0 Å². The summed E-state index contributed by atoms with van der Waals surface area (Å²) < 4.78 is 0. The third kappa shape index (κ3) is 3.67. The lowest BCUT2D eigenvalue weighted by Crippen LogP contribution is -2.59. The molecule has 1 heterocycles. The van der Waals surface area contributed by atoms with Crippen LogP contribution in [-0.2, 0) is 4.79 Å². The monoisotopic (exact) mass is 433 g/mol. The molecule has 3 aliphatic carbocycles. The molecule has 3 fully saturated rings. The first-order chi connectivity index (χ1) is 14.2. The summed E-state index contributed by atoms with van der Waals surface area (Å²) in [5, 5.41) is 4.15. The number of rotatable bonds is 6. The second kappa shape index (κ2) is 8.45. The van der Waals surface area contributed by atoms with Crippen LogP contribution in [0.5, 0.6) is 0 Å². The summed E-state index contributed by atoms with van der Waals surface area (Å²) in [5.41, 5.74) is 1.51. The van der Waals surface area contributed by atoms with Gasteiger partial charge in [-0.25, -0.2) is 0 Å². The third-order valence-electron chi connectivity index (χ3n) is 10.4.